The molecule has 9 heteroatoms. The quantitative estimate of drug-likeness (QED) is 0.441. The number of hydrogen-bond acceptors (Lipinski definition) is 7. The van der Waals surface area contributed by atoms with Crippen LogP contribution in [0.4, 0.5) is 4.79 Å². The molecule has 3 heterocycles. The van der Waals surface area contributed by atoms with Gasteiger partial charge in [-0.2, -0.15) is 0 Å². The SMILES string of the molecule is COC(=O)[C@@H]1N(C(=O)OCc2ccccc2)C[C@@H]2COC[C@]21CCCB1OC(C)(C)C(C)(C)O1. The van der Waals surface area contributed by atoms with Crippen molar-refractivity contribution in [3.8, 4) is 0 Å². The van der Waals surface area contributed by atoms with Crippen molar-refractivity contribution in [1.82, 2.24) is 4.90 Å². The lowest BCUT2D eigenvalue weighted by molar-refractivity contribution is -0.149. The fraction of sp³-hybridized carbons (Fsp3) is 0.680. The highest BCUT2D eigenvalue weighted by molar-refractivity contribution is 6.45. The van der Waals surface area contributed by atoms with Gasteiger partial charge in [-0.3, -0.25) is 4.90 Å². The Labute approximate surface area is 202 Å². The second-order valence-corrected chi connectivity index (χ2v) is 10.6. The summed E-state index contributed by atoms with van der Waals surface area (Å²) in [6.07, 6.45) is 1.67. The fourth-order valence-electron chi connectivity index (χ4n) is 5.41. The van der Waals surface area contributed by atoms with Crippen LogP contribution in [0.5, 0.6) is 0 Å². The number of ether oxygens (including phenoxy) is 3. The van der Waals surface area contributed by atoms with Crippen LogP contribution in [0.2, 0.25) is 6.32 Å². The van der Waals surface area contributed by atoms with Crippen molar-refractivity contribution < 1.29 is 33.1 Å². The van der Waals surface area contributed by atoms with E-state index in [0.29, 0.717) is 32.5 Å². The second-order valence-electron chi connectivity index (χ2n) is 10.6. The maximum Gasteiger partial charge on any atom is 0.457 e. The normalized spacial score (nSPS) is 29.2. The molecule has 3 aliphatic rings. The summed E-state index contributed by atoms with van der Waals surface area (Å²) in [5, 5.41) is 0. The first kappa shape index (κ1) is 25.0. The molecular formula is C25H36BNO7. The number of carbonyl (C=O) groups is 2. The zero-order valence-corrected chi connectivity index (χ0v) is 20.9. The lowest BCUT2D eigenvalue weighted by Crippen LogP contribution is -2.50. The average Bonchev–Trinajstić information content (AvgIpc) is 3.39. The van der Waals surface area contributed by atoms with Gasteiger partial charge in [0.25, 0.3) is 0 Å². The molecule has 1 amide bonds. The molecule has 4 rings (SSSR count). The fourth-order valence-corrected chi connectivity index (χ4v) is 5.41. The average molecular weight is 473 g/mol. The molecule has 0 aliphatic carbocycles. The summed E-state index contributed by atoms with van der Waals surface area (Å²) in [5.41, 5.74) is -0.375. The van der Waals surface area contributed by atoms with Crippen LogP contribution in [-0.2, 0) is 34.9 Å². The van der Waals surface area contributed by atoms with E-state index in [2.05, 4.69) is 0 Å². The molecule has 1 aromatic rings. The third-order valence-electron chi connectivity index (χ3n) is 8.02. The highest BCUT2D eigenvalue weighted by Gasteiger charge is 2.62. The molecular weight excluding hydrogens is 437 g/mol. The number of esters is 1. The molecule has 0 N–H and O–H groups in total. The van der Waals surface area contributed by atoms with Crippen molar-refractivity contribution in [3.05, 3.63) is 35.9 Å². The van der Waals surface area contributed by atoms with Crippen molar-refractivity contribution in [1.29, 1.82) is 0 Å². The van der Waals surface area contributed by atoms with Gasteiger partial charge in [0.2, 0.25) is 0 Å². The monoisotopic (exact) mass is 473 g/mol. The Bertz CT molecular complexity index is 877. The minimum Gasteiger partial charge on any atom is -0.467 e. The largest absolute Gasteiger partial charge is 0.467 e. The van der Waals surface area contributed by atoms with Crippen molar-refractivity contribution in [3.63, 3.8) is 0 Å². The molecule has 34 heavy (non-hydrogen) atoms. The number of fused-ring (bicyclic) bond motifs is 1. The number of carbonyl (C=O) groups excluding carboxylic acids is 2. The summed E-state index contributed by atoms with van der Waals surface area (Å²) in [4.78, 5) is 27.6. The topological polar surface area (TPSA) is 83.5 Å². The van der Waals surface area contributed by atoms with Crippen LogP contribution in [0.3, 0.4) is 0 Å². The van der Waals surface area contributed by atoms with E-state index in [9.17, 15) is 9.59 Å². The van der Waals surface area contributed by atoms with E-state index in [1.165, 1.54) is 12.0 Å². The molecule has 0 bridgehead atoms. The first-order chi connectivity index (χ1) is 16.1. The molecule has 0 aromatic heterocycles. The van der Waals surface area contributed by atoms with Crippen LogP contribution < -0.4 is 0 Å². The summed E-state index contributed by atoms with van der Waals surface area (Å²) >= 11 is 0. The summed E-state index contributed by atoms with van der Waals surface area (Å²) < 4.78 is 28.8. The lowest BCUT2D eigenvalue weighted by atomic mass is 9.69. The van der Waals surface area contributed by atoms with Crippen molar-refractivity contribution in [2.45, 2.75) is 70.7 Å². The standard InChI is InChI=1S/C25H36BNO7/c1-23(2)24(3,4)34-26(33-23)13-9-12-25-17-31-16-19(25)14-27(20(25)21(28)30-5)22(29)32-15-18-10-7-6-8-11-18/h6-8,10-11,19-20H,9,12-17H2,1-5H3/t19-,20+,25-/m1/s1. The molecule has 0 spiro atoms. The lowest BCUT2D eigenvalue weighted by Gasteiger charge is -2.34. The van der Waals surface area contributed by atoms with Gasteiger partial charge in [-0.25, -0.2) is 9.59 Å². The second kappa shape index (κ2) is 9.51. The van der Waals surface area contributed by atoms with Crippen LogP contribution in [0, 0.1) is 11.3 Å². The van der Waals surface area contributed by atoms with E-state index in [4.69, 9.17) is 23.5 Å². The summed E-state index contributed by atoms with van der Waals surface area (Å²) in [7, 11) is 1.06. The third-order valence-corrected chi connectivity index (χ3v) is 8.02. The molecule has 0 radical (unpaired) electrons. The predicted molar refractivity (Wildman–Crippen MR) is 126 cm³/mol. The van der Waals surface area contributed by atoms with Gasteiger partial charge in [-0.05, 0) is 46.0 Å². The third kappa shape index (κ3) is 4.57. The number of rotatable bonds is 7. The molecule has 3 fully saturated rings. The Morgan fingerprint density at radius 3 is 2.44 bits per heavy atom. The minimum atomic E-state index is -0.744. The number of nitrogens with zero attached hydrogens (tertiary/aromatic N) is 1. The van der Waals surface area contributed by atoms with E-state index < -0.39 is 23.5 Å². The molecule has 3 atom stereocenters. The molecule has 186 valence electrons. The van der Waals surface area contributed by atoms with Gasteiger partial charge in [0.05, 0.1) is 31.5 Å². The van der Waals surface area contributed by atoms with Crippen LogP contribution in [-0.4, -0.2) is 68.2 Å². The van der Waals surface area contributed by atoms with Crippen molar-refractivity contribution in [2.24, 2.45) is 11.3 Å². The molecule has 8 nitrogen and oxygen atoms in total. The highest BCUT2D eigenvalue weighted by atomic mass is 16.7. The maximum absolute atomic E-state index is 13.1. The van der Waals surface area contributed by atoms with Crippen LogP contribution in [0.25, 0.3) is 0 Å². The Hall–Kier alpha value is -2.10. The number of amides is 1. The van der Waals surface area contributed by atoms with Gasteiger partial charge in [-0.1, -0.05) is 36.8 Å². The van der Waals surface area contributed by atoms with Gasteiger partial charge in [0.1, 0.15) is 12.6 Å². The Morgan fingerprint density at radius 1 is 1.12 bits per heavy atom. The van der Waals surface area contributed by atoms with Gasteiger partial charge >= 0.3 is 19.2 Å². The summed E-state index contributed by atoms with van der Waals surface area (Å²) in [6, 6.07) is 8.75. The zero-order valence-electron chi connectivity index (χ0n) is 20.9. The highest BCUT2D eigenvalue weighted by Crippen LogP contribution is 2.50. The van der Waals surface area contributed by atoms with E-state index in [1.807, 2.05) is 58.0 Å². The maximum atomic E-state index is 13.1. The summed E-state index contributed by atoms with van der Waals surface area (Å²) in [5.74, 6) is -0.389. The minimum absolute atomic E-state index is 0.0409. The van der Waals surface area contributed by atoms with E-state index >= 15 is 0 Å². The van der Waals surface area contributed by atoms with Gasteiger partial charge in [0, 0.05) is 17.9 Å². The van der Waals surface area contributed by atoms with Gasteiger partial charge < -0.3 is 23.5 Å². The van der Waals surface area contributed by atoms with E-state index in [-0.39, 0.29) is 30.8 Å². The van der Waals surface area contributed by atoms with Crippen LogP contribution >= 0.6 is 0 Å². The number of hydrogen-bond donors (Lipinski definition) is 0. The Balaban J connectivity index is 1.44. The first-order valence-electron chi connectivity index (χ1n) is 12.1. The molecule has 0 saturated carbocycles. The van der Waals surface area contributed by atoms with E-state index in [0.717, 1.165) is 12.0 Å². The molecule has 0 unspecified atom stereocenters. The smallest absolute Gasteiger partial charge is 0.457 e. The molecule has 3 saturated heterocycles. The number of benzene rings is 1. The predicted octanol–water partition coefficient (Wildman–Crippen LogP) is 3.69. The number of likely N-dealkylation sites (tertiary alicyclic amines) is 1. The van der Waals surface area contributed by atoms with Crippen molar-refractivity contribution >= 4 is 19.2 Å². The summed E-state index contributed by atoms with van der Waals surface area (Å²) in [6.45, 7) is 9.62. The Kier molecular flexibility index (Phi) is 7.00. The van der Waals surface area contributed by atoms with Crippen LogP contribution in [0.15, 0.2) is 30.3 Å². The molecule has 3 aliphatic heterocycles. The van der Waals surface area contributed by atoms with Gasteiger partial charge in [-0.15, -0.1) is 0 Å². The number of methoxy groups -OCH3 is 1. The van der Waals surface area contributed by atoms with Crippen LogP contribution in [0.1, 0.15) is 46.1 Å². The molecule has 1 aromatic carbocycles. The Morgan fingerprint density at radius 2 is 1.79 bits per heavy atom. The van der Waals surface area contributed by atoms with Crippen molar-refractivity contribution in [2.75, 3.05) is 26.9 Å². The zero-order chi connectivity index (χ0) is 24.6. The first-order valence-corrected chi connectivity index (χ1v) is 12.1. The van der Waals surface area contributed by atoms with E-state index in [1.54, 1.807) is 0 Å². The van der Waals surface area contributed by atoms with Gasteiger partial charge in [0.15, 0.2) is 0 Å².